The van der Waals surface area contributed by atoms with E-state index in [2.05, 4.69) is 10.6 Å². The molecule has 1 fully saturated rings. The van der Waals surface area contributed by atoms with Crippen LogP contribution >= 0.6 is 12.4 Å². The van der Waals surface area contributed by atoms with Gasteiger partial charge in [0.15, 0.2) is 0 Å². The molecule has 1 atom stereocenters. The number of nitrogens with one attached hydrogen (secondary N) is 2. The fraction of sp³-hybridized carbons (Fsp3) is 1.00. The second kappa shape index (κ2) is 4.89. The molecule has 1 heterocycles. The molecule has 2 nitrogen and oxygen atoms in total. The molecule has 0 aliphatic carbocycles. The summed E-state index contributed by atoms with van der Waals surface area (Å²) >= 11 is 0. The highest BCUT2D eigenvalue weighted by Crippen LogP contribution is 2.21. The first-order valence-electron chi connectivity index (χ1n) is 3.59. The number of rotatable bonds is 1. The van der Waals surface area contributed by atoms with Crippen LogP contribution in [0.2, 0.25) is 0 Å². The molecule has 1 aliphatic heterocycles. The van der Waals surface area contributed by atoms with Crippen molar-refractivity contribution in [2.24, 2.45) is 0 Å². The third-order valence-corrected chi connectivity index (χ3v) is 1.60. The number of halogens is 4. The van der Waals surface area contributed by atoms with E-state index in [1.54, 1.807) is 0 Å². The lowest BCUT2D eigenvalue weighted by molar-refractivity contribution is -0.140. The minimum absolute atomic E-state index is 0. The van der Waals surface area contributed by atoms with Gasteiger partial charge in [-0.15, -0.1) is 12.4 Å². The molecule has 6 heteroatoms. The van der Waals surface area contributed by atoms with Crippen molar-refractivity contribution in [3.05, 3.63) is 0 Å². The number of piperazine rings is 1. The highest BCUT2D eigenvalue weighted by atomic mass is 35.5. The number of hydrogen-bond acceptors (Lipinski definition) is 2. The molecule has 0 aromatic carbocycles. The minimum Gasteiger partial charge on any atom is -0.314 e. The molecule has 0 saturated carbocycles. The van der Waals surface area contributed by atoms with Gasteiger partial charge in [0.1, 0.15) is 0 Å². The molecule has 0 radical (unpaired) electrons. The summed E-state index contributed by atoms with van der Waals surface area (Å²) < 4.78 is 35.3. The molecule has 74 valence electrons. The van der Waals surface area contributed by atoms with Crippen molar-refractivity contribution in [2.45, 2.75) is 18.6 Å². The molecule has 1 aliphatic rings. The Labute approximate surface area is 75.3 Å². The Morgan fingerprint density at radius 1 is 1.25 bits per heavy atom. The van der Waals surface area contributed by atoms with Crippen LogP contribution in [0.1, 0.15) is 6.42 Å². The first-order valence-corrected chi connectivity index (χ1v) is 3.59. The van der Waals surface area contributed by atoms with Crippen LogP contribution in [0, 0.1) is 0 Å². The van der Waals surface area contributed by atoms with Gasteiger partial charge in [0.2, 0.25) is 0 Å². The molecule has 0 spiro atoms. The summed E-state index contributed by atoms with van der Waals surface area (Å²) in [7, 11) is 0. The highest BCUT2D eigenvalue weighted by molar-refractivity contribution is 5.85. The van der Waals surface area contributed by atoms with Gasteiger partial charge in [0, 0.05) is 25.7 Å². The van der Waals surface area contributed by atoms with Crippen LogP contribution in [0.5, 0.6) is 0 Å². The Kier molecular flexibility index (Phi) is 4.89. The van der Waals surface area contributed by atoms with E-state index in [1.165, 1.54) is 0 Å². The normalized spacial score (nSPS) is 24.8. The Bertz CT molecular complexity index is 122. The molecule has 0 aromatic rings. The van der Waals surface area contributed by atoms with Crippen molar-refractivity contribution in [1.29, 1.82) is 0 Å². The molecular formula is C6H12ClF3N2. The molecule has 0 bridgehead atoms. The van der Waals surface area contributed by atoms with E-state index < -0.39 is 18.6 Å². The van der Waals surface area contributed by atoms with Crippen LogP contribution in [-0.2, 0) is 0 Å². The molecule has 12 heavy (non-hydrogen) atoms. The lowest BCUT2D eigenvalue weighted by Crippen LogP contribution is -2.49. The Balaban J connectivity index is 0.00000121. The zero-order valence-corrected chi connectivity index (χ0v) is 7.26. The average Bonchev–Trinajstić information content (AvgIpc) is 1.85. The van der Waals surface area contributed by atoms with Gasteiger partial charge in [-0.05, 0) is 0 Å². The smallest absolute Gasteiger partial charge is 0.314 e. The van der Waals surface area contributed by atoms with Crippen molar-refractivity contribution in [3.63, 3.8) is 0 Å². The SMILES string of the molecule is Cl.FC(F)(F)CC1CNCCN1. The summed E-state index contributed by atoms with van der Waals surface area (Å²) in [6.45, 7) is 1.80. The summed E-state index contributed by atoms with van der Waals surface area (Å²) in [5.74, 6) is 0. The van der Waals surface area contributed by atoms with E-state index in [0.29, 0.717) is 13.1 Å². The molecule has 1 rings (SSSR count). The van der Waals surface area contributed by atoms with Crippen LogP contribution in [0.3, 0.4) is 0 Å². The molecule has 0 amide bonds. The zero-order chi connectivity index (χ0) is 8.32. The molecule has 0 aromatic heterocycles. The van der Waals surface area contributed by atoms with Crippen LogP contribution in [0.4, 0.5) is 13.2 Å². The summed E-state index contributed by atoms with van der Waals surface area (Å²) in [5, 5.41) is 5.69. The second-order valence-corrected chi connectivity index (χ2v) is 2.67. The van der Waals surface area contributed by atoms with Crippen molar-refractivity contribution < 1.29 is 13.2 Å². The van der Waals surface area contributed by atoms with E-state index in [1.807, 2.05) is 0 Å². The Hall–Kier alpha value is -0.0000000000000000416. The number of alkyl halides is 3. The third kappa shape index (κ3) is 4.79. The predicted octanol–water partition coefficient (Wildman–Crippen LogP) is 0.922. The molecular weight excluding hydrogens is 193 g/mol. The van der Waals surface area contributed by atoms with Gasteiger partial charge in [-0.2, -0.15) is 13.2 Å². The summed E-state index contributed by atoms with van der Waals surface area (Å²) in [6, 6.07) is -0.441. The fourth-order valence-electron chi connectivity index (χ4n) is 1.14. The first-order chi connectivity index (χ1) is 5.08. The van der Waals surface area contributed by atoms with Crippen LogP contribution in [0.15, 0.2) is 0 Å². The maximum absolute atomic E-state index is 11.8. The monoisotopic (exact) mass is 204 g/mol. The standard InChI is InChI=1S/C6H11F3N2.ClH/c7-6(8,9)3-5-4-10-1-2-11-5;/h5,10-11H,1-4H2;1H. The van der Waals surface area contributed by atoms with E-state index in [-0.39, 0.29) is 12.4 Å². The lowest BCUT2D eigenvalue weighted by Gasteiger charge is -2.25. The Morgan fingerprint density at radius 2 is 1.92 bits per heavy atom. The molecule has 2 N–H and O–H groups in total. The van der Waals surface area contributed by atoms with Gasteiger partial charge in [0.05, 0.1) is 6.42 Å². The predicted molar refractivity (Wildman–Crippen MR) is 42.6 cm³/mol. The van der Waals surface area contributed by atoms with Gasteiger partial charge < -0.3 is 10.6 Å². The third-order valence-electron chi connectivity index (χ3n) is 1.60. The fourth-order valence-corrected chi connectivity index (χ4v) is 1.14. The van der Waals surface area contributed by atoms with Gasteiger partial charge in [0.25, 0.3) is 0 Å². The highest BCUT2D eigenvalue weighted by Gasteiger charge is 2.32. The van der Waals surface area contributed by atoms with Crippen molar-refractivity contribution >= 4 is 12.4 Å². The first kappa shape index (κ1) is 12.0. The van der Waals surface area contributed by atoms with Crippen molar-refractivity contribution in [1.82, 2.24) is 10.6 Å². The second-order valence-electron chi connectivity index (χ2n) is 2.67. The summed E-state index contributed by atoms with van der Waals surface area (Å²) in [4.78, 5) is 0. The van der Waals surface area contributed by atoms with Gasteiger partial charge in [-0.1, -0.05) is 0 Å². The van der Waals surface area contributed by atoms with Crippen molar-refractivity contribution in [3.8, 4) is 0 Å². The van der Waals surface area contributed by atoms with E-state index >= 15 is 0 Å². The molecule has 1 saturated heterocycles. The van der Waals surface area contributed by atoms with Gasteiger partial charge in [-0.3, -0.25) is 0 Å². The zero-order valence-electron chi connectivity index (χ0n) is 6.45. The summed E-state index contributed by atoms with van der Waals surface area (Å²) in [5.41, 5.74) is 0. The average molecular weight is 205 g/mol. The largest absolute Gasteiger partial charge is 0.390 e. The van der Waals surface area contributed by atoms with Crippen LogP contribution in [0.25, 0.3) is 0 Å². The summed E-state index contributed by atoms with van der Waals surface area (Å²) in [6.07, 6.45) is -4.78. The van der Waals surface area contributed by atoms with Gasteiger partial charge >= 0.3 is 6.18 Å². The number of hydrogen-bond donors (Lipinski definition) is 2. The van der Waals surface area contributed by atoms with Crippen molar-refractivity contribution in [2.75, 3.05) is 19.6 Å². The minimum atomic E-state index is -4.04. The van der Waals surface area contributed by atoms with Crippen LogP contribution < -0.4 is 10.6 Å². The quantitative estimate of drug-likeness (QED) is 0.664. The molecule has 1 unspecified atom stereocenters. The van der Waals surface area contributed by atoms with E-state index in [9.17, 15) is 13.2 Å². The maximum atomic E-state index is 11.8. The topological polar surface area (TPSA) is 24.1 Å². The van der Waals surface area contributed by atoms with E-state index in [4.69, 9.17) is 0 Å². The lowest BCUT2D eigenvalue weighted by atomic mass is 10.1. The van der Waals surface area contributed by atoms with Gasteiger partial charge in [-0.25, -0.2) is 0 Å². The van der Waals surface area contributed by atoms with E-state index in [0.717, 1.165) is 6.54 Å². The maximum Gasteiger partial charge on any atom is 0.390 e. The Morgan fingerprint density at radius 3 is 2.33 bits per heavy atom. The van der Waals surface area contributed by atoms with Crippen LogP contribution in [-0.4, -0.2) is 31.9 Å².